The maximum absolute atomic E-state index is 10.7. The minimum atomic E-state index is -0.832. The van der Waals surface area contributed by atoms with Crippen LogP contribution in [0.1, 0.15) is 39.5 Å². The van der Waals surface area contributed by atoms with Crippen LogP contribution in [-0.4, -0.2) is 23.9 Å². The SMILES string of the molecule is CC1(C)CCC(O)(C2(C#N)CCOC2)C1. The van der Waals surface area contributed by atoms with E-state index >= 15 is 0 Å². The maximum Gasteiger partial charge on any atom is 0.111 e. The van der Waals surface area contributed by atoms with Gasteiger partial charge in [-0.1, -0.05) is 13.8 Å². The summed E-state index contributed by atoms with van der Waals surface area (Å²) in [5.41, 5.74) is -1.33. The van der Waals surface area contributed by atoms with Crippen molar-refractivity contribution in [2.24, 2.45) is 10.8 Å². The molecule has 1 heterocycles. The van der Waals surface area contributed by atoms with Crippen molar-refractivity contribution in [2.45, 2.75) is 45.1 Å². The Kier molecular flexibility index (Phi) is 2.33. The van der Waals surface area contributed by atoms with Crippen molar-refractivity contribution in [1.82, 2.24) is 0 Å². The van der Waals surface area contributed by atoms with Crippen LogP contribution in [0.15, 0.2) is 0 Å². The second-order valence-electron chi connectivity index (χ2n) is 5.87. The molecule has 2 aliphatic rings. The standard InChI is InChI=1S/C12H19NO2/c1-10(2)3-4-12(14,7-10)11(8-13)5-6-15-9-11/h14H,3-7,9H2,1-2H3. The van der Waals surface area contributed by atoms with Crippen LogP contribution in [0.2, 0.25) is 0 Å². The summed E-state index contributed by atoms with van der Waals surface area (Å²) in [7, 11) is 0. The van der Waals surface area contributed by atoms with Gasteiger partial charge in [-0.15, -0.1) is 0 Å². The molecule has 0 aromatic carbocycles. The van der Waals surface area contributed by atoms with Gasteiger partial charge in [0.15, 0.2) is 0 Å². The third kappa shape index (κ3) is 1.56. The number of hydrogen-bond acceptors (Lipinski definition) is 3. The lowest BCUT2D eigenvalue weighted by atomic mass is 9.70. The predicted molar refractivity (Wildman–Crippen MR) is 56.1 cm³/mol. The van der Waals surface area contributed by atoms with Crippen molar-refractivity contribution in [3.05, 3.63) is 0 Å². The molecule has 15 heavy (non-hydrogen) atoms. The van der Waals surface area contributed by atoms with Crippen molar-refractivity contribution < 1.29 is 9.84 Å². The van der Waals surface area contributed by atoms with Gasteiger partial charge in [-0.25, -0.2) is 0 Å². The van der Waals surface area contributed by atoms with Gasteiger partial charge < -0.3 is 9.84 Å². The molecule has 2 atom stereocenters. The topological polar surface area (TPSA) is 53.2 Å². The lowest BCUT2D eigenvalue weighted by Crippen LogP contribution is -2.46. The highest BCUT2D eigenvalue weighted by Crippen LogP contribution is 2.54. The summed E-state index contributed by atoms with van der Waals surface area (Å²) in [4.78, 5) is 0. The Bertz CT molecular complexity index is 299. The summed E-state index contributed by atoms with van der Waals surface area (Å²) >= 11 is 0. The second-order valence-corrected chi connectivity index (χ2v) is 5.87. The Labute approximate surface area is 91.0 Å². The van der Waals surface area contributed by atoms with Crippen LogP contribution < -0.4 is 0 Å². The molecule has 0 amide bonds. The summed E-state index contributed by atoms with van der Waals surface area (Å²) in [6.07, 6.45) is 3.12. The average molecular weight is 209 g/mol. The van der Waals surface area contributed by atoms with E-state index in [9.17, 15) is 10.4 Å². The molecule has 1 saturated carbocycles. The zero-order chi connectivity index (χ0) is 11.2. The molecule has 2 unspecified atom stereocenters. The van der Waals surface area contributed by atoms with Gasteiger partial charge in [0.05, 0.1) is 18.3 Å². The normalized spacial score (nSPS) is 44.1. The molecule has 1 aliphatic carbocycles. The predicted octanol–water partition coefficient (Wildman–Crippen LogP) is 1.86. The first-order valence-electron chi connectivity index (χ1n) is 5.65. The van der Waals surface area contributed by atoms with Crippen LogP contribution >= 0.6 is 0 Å². The zero-order valence-corrected chi connectivity index (χ0v) is 9.55. The second kappa shape index (κ2) is 3.20. The zero-order valence-electron chi connectivity index (χ0n) is 9.55. The average Bonchev–Trinajstić information content (AvgIpc) is 2.72. The smallest absolute Gasteiger partial charge is 0.111 e. The molecule has 3 heteroatoms. The van der Waals surface area contributed by atoms with Crippen LogP contribution in [0, 0.1) is 22.2 Å². The van der Waals surface area contributed by atoms with E-state index in [1.165, 1.54) is 0 Å². The van der Waals surface area contributed by atoms with Crippen LogP contribution in [0.5, 0.6) is 0 Å². The van der Waals surface area contributed by atoms with E-state index < -0.39 is 11.0 Å². The highest BCUT2D eigenvalue weighted by Gasteiger charge is 2.58. The molecular weight excluding hydrogens is 190 g/mol. The third-order valence-corrected chi connectivity index (χ3v) is 4.11. The lowest BCUT2D eigenvalue weighted by molar-refractivity contribution is -0.0588. The molecular formula is C12H19NO2. The van der Waals surface area contributed by atoms with Gasteiger partial charge in [0, 0.05) is 6.61 Å². The molecule has 1 N–H and O–H groups in total. The van der Waals surface area contributed by atoms with Crippen LogP contribution in [0.25, 0.3) is 0 Å². The summed E-state index contributed by atoms with van der Waals surface area (Å²) < 4.78 is 5.31. The lowest BCUT2D eigenvalue weighted by Gasteiger charge is -2.37. The van der Waals surface area contributed by atoms with Gasteiger partial charge in [-0.3, -0.25) is 0 Å². The molecule has 0 aromatic heterocycles. The molecule has 0 aromatic rings. The number of ether oxygens (including phenoxy) is 1. The Balaban J connectivity index is 2.26. The van der Waals surface area contributed by atoms with Crippen LogP contribution in [0.4, 0.5) is 0 Å². The third-order valence-electron chi connectivity index (χ3n) is 4.11. The number of hydrogen-bond donors (Lipinski definition) is 1. The van der Waals surface area contributed by atoms with Gasteiger partial charge >= 0.3 is 0 Å². The maximum atomic E-state index is 10.7. The van der Waals surface area contributed by atoms with E-state index in [2.05, 4.69) is 19.9 Å². The monoisotopic (exact) mass is 209 g/mol. The van der Waals surface area contributed by atoms with Gasteiger partial charge in [-0.2, -0.15) is 5.26 Å². The number of nitrogens with zero attached hydrogens (tertiary/aromatic N) is 1. The van der Waals surface area contributed by atoms with E-state index in [-0.39, 0.29) is 5.41 Å². The van der Waals surface area contributed by atoms with E-state index in [0.29, 0.717) is 19.6 Å². The van der Waals surface area contributed by atoms with E-state index in [1.807, 2.05) is 0 Å². The number of aliphatic hydroxyl groups is 1. The Morgan fingerprint density at radius 2 is 2.00 bits per heavy atom. The summed E-state index contributed by atoms with van der Waals surface area (Å²) in [6.45, 7) is 5.32. The van der Waals surface area contributed by atoms with E-state index in [0.717, 1.165) is 19.3 Å². The molecule has 1 saturated heterocycles. The Hall–Kier alpha value is -0.590. The minimum Gasteiger partial charge on any atom is -0.388 e. The highest BCUT2D eigenvalue weighted by molar-refractivity contribution is 5.16. The molecule has 0 spiro atoms. The van der Waals surface area contributed by atoms with Gasteiger partial charge in [0.2, 0.25) is 0 Å². The van der Waals surface area contributed by atoms with E-state index in [4.69, 9.17) is 4.74 Å². The molecule has 2 fully saturated rings. The highest BCUT2D eigenvalue weighted by atomic mass is 16.5. The van der Waals surface area contributed by atoms with Gasteiger partial charge in [0.1, 0.15) is 5.41 Å². The van der Waals surface area contributed by atoms with Crippen LogP contribution in [-0.2, 0) is 4.74 Å². The molecule has 0 radical (unpaired) electrons. The quantitative estimate of drug-likeness (QED) is 0.717. The van der Waals surface area contributed by atoms with Crippen molar-refractivity contribution in [3.8, 4) is 6.07 Å². The van der Waals surface area contributed by atoms with Crippen molar-refractivity contribution in [1.29, 1.82) is 5.26 Å². The Morgan fingerprint density at radius 3 is 2.40 bits per heavy atom. The van der Waals surface area contributed by atoms with E-state index in [1.54, 1.807) is 0 Å². The number of nitriles is 1. The van der Waals surface area contributed by atoms with Crippen molar-refractivity contribution >= 4 is 0 Å². The van der Waals surface area contributed by atoms with Gasteiger partial charge in [0.25, 0.3) is 0 Å². The first-order chi connectivity index (χ1) is 6.93. The molecule has 2 rings (SSSR count). The summed E-state index contributed by atoms with van der Waals surface area (Å²) in [6, 6.07) is 2.32. The van der Waals surface area contributed by atoms with Crippen molar-refractivity contribution in [2.75, 3.05) is 13.2 Å². The first-order valence-corrected chi connectivity index (χ1v) is 5.65. The Morgan fingerprint density at radius 1 is 1.27 bits per heavy atom. The molecule has 84 valence electrons. The van der Waals surface area contributed by atoms with Gasteiger partial charge in [-0.05, 0) is 31.1 Å². The minimum absolute atomic E-state index is 0.154. The molecule has 3 nitrogen and oxygen atoms in total. The molecule has 1 aliphatic heterocycles. The fourth-order valence-corrected chi connectivity index (χ4v) is 3.05. The fraction of sp³-hybridized carbons (Fsp3) is 0.917. The summed E-state index contributed by atoms with van der Waals surface area (Å²) in [5.74, 6) is 0. The summed E-state index contributed by atoms with van der Waals surface area (Å²) in [5, 5.41) is 20.0. The van der Waals surface area contributed by atoms with Crippen molar-refractivity contribution in [3.63, 3.8) is 0 Å². The first kappa shape index (κ1) is 10.9. The molecule has 0 bridgehead atoms. The van der Waals surface area contributed by atoms with Crippen LogP contribution in [0.3, 0.4) is 0 Å². The fourth-order valence-electron chi connectivity index (χ4n) is 3.05. The largest absolute Gasteiger partial charge is 0.388 e. The number of rotatable bonds is 1.